The number of ether oxygens (including phenoxy) is 3. The van der Waals surface area contributed by atoms with Crippen molar-refractivity contribution in [2.45, 2.75) is 18.6 Å². The lowest BCUT2D eigenvalue weighted by molar-refractivity contribution is -0.140. The number of esters is 1. The monoisotopic (exact) mass is 327 g/mol. The third kappa shape index (κ3) is 5.48. The summed E-state index contributed by atoms with van der Waals surface area (Å²) in [6.45, 7) is 1.78. The molecule has 7 heteroatoms. The van der Waals surface area contributed by atoms with Crippen molar-refractivity contribution in [1.29, 1.82) is 0 Å². The van der Waals surface area contributed by atoms with Gasteiger partial charge in [0.25, 0.3) is 0 Å². The number of nitrogens with one attached hydrogen (secondary N) is 1. The van der Waals surface area contributed by atoms with Gasteiger partial charge in [-0.3, -0.25) is 9.59 Å². The van der Waals surface area contributed by atoms with E-state index < -0.39 is 0 Å². The number of rotatable bonds is 8. The summed E-state index contributed by atoms with van der Waals surface area (Å²) < 4.78 is 14.9. The van der Waals surface area contributed by atoms with Crippen LogP contribution in [0, 0.1) is 0 Å². The lowest BCUT2D eigenvalue weighted by Crippen LogP contribution is -2.23. The van der Waals surface area contributed by atoms with E-state index in [0.29, 0.717) is 22.9 Å². The Morgan fingerprint density at radius 3 is 2.55 bits per heavy atom. The van der Waals surface area contributed by atoms with Crippen molar-refractivity contribution in [3.8, 4) is 11.5 Å². The number of carbonyl (C=O) groups is 2. The Hall–Kier alpha value is -1.89. The fourth-order valence-corrected chi connectivity index (χ4v) is 2.49. The van der Waals surface area contributed by atoms with Crippen molar-refractivity contribution in [3.63, 3.8) is 0 Å². The molecule has 0 aliphatic rings. The molecule has 0 saturated carbocycles. The van der Waals surface area contributed by atoms with E-state index in [2.05, 4.69) is 10.1 Å². The molecule has 1 aromatic carbocycles. The van der Waals surface area contributed by atoms with E-state index in [-0.39, 0.29) is 23.5 Å². The molecule has 22 heavy (non-hydrogen) atoms. The highest BCUT2D eigenvalue weighted by molar-refractivity contribution is 8.00. The minimum absolute atomic E-state index is 0.165. The number of carbonyl (C=O) groups excluding carboxylic acids is 2. The first-order valence-electron chi connectivity index (χ1n) is 6.73. The van der Waals surface area contributed by atoms with Gasteiger partial charge in [-0.2, -0.15) is 0 Å². The molecule has 0 aliphatic heterocycles. The summed E-state index contributed by atoms with van der Waals surface area (Å²) >= 11 is 1.39. The number of methoxy groups -OCH3 is 3. The fourth-order valence-electron chi connectivity index (χ4n) is 1.64. The van der Waals surface area contributed by atoms with Gasteiger partial charge in [0.05, 0.1) is 38.7 Å². The molecule has 0 aromatic heterocycles. The van der Waals surface area contributed by atoms with Crippen LogP contribution in [0.3, 0.4) is 0 Å². The Morgan fingerprint density at radius 2 is 1.95 bits per heavy atom. The third-order valence-corrected chi connectivity index (χ3v) is 4.09. The summed E-state index contributed by atoms with van der Waals surface area (Å²) in [6, 6.07) is 5.18. The molecule has 1 amide bonds. The first kappa shape index (κ1) is 18.2. The molecule has 6 nitrogen and oxygen atoms in total. The maximum absolute atomic E-state index is 12.2. The second kappa shape index (κ2) is 9.19. The van der Waals surface area contributed by atoms with Crippen LogP contribution in [-0.4, -0.2) is 44.2 Å². The average Bonchev–Trinajstić information content (AvgIpc) is 2.54. The maximum atomic E-state index is 12.2. The quantitative estimate of drug-likeness (QED) is 0.739. The van der Waals surface area contributed by atoms with E-state index in [1.807, 2.05) is 0 Å². The molecule has 1 N–H and O–H groups in total. The molecular formula is C15H21NO5S. The van der Waals surface area contributed by atoms with Gasteiger partial charge < -0.3 is 19.5 Å². The molecule has 0 spiro atoms. The first-order chi connectivity index (χ1) is 10.5. The molecule has 1 rings (SSSR count). The molecule has 0 fully saturated rings. The first-order valence-corrected chi connectivity index (χ1v) is 7.78. The highest BCUT2D eigenvalue weighted by atomic mass is 32.2. The van der Waals surface area contributed by atoms with Crippen LogP contribution in [0.2, 0.25) is 0 Å². The van der Waals surface area contributed by atoms with Crippen molar-refractivity contribution in [2.24, 2.45) is 0 Å². The van der Waals surface area contributed by atoms with Gasteiger partial charge in [-0.15, -0.1) is 11.8 Å². The van der Waals surface area contributed by atoms with Crippen molar-refractivity contribution in [3.05, 3.63) is 18.2 Å². The molecule has 0 aliphatic carbocycles. The van der Waals surface area contributed by atoms with Gasteiger partial charge in [-0.1, -0.05) is 0 Å². The summed E-state index contributed by atoms with van der Waals surface area (Å²) in [6.07, 6.45) is 0.279. The molecule has 0 saturated heterocycles. The number of hydrogen-bond acceptors (Lipinski definition) is 6. The molecule has 0 bridgehead atoms. The fraction of sp³-hybridized carbons (Fsp3) is 0.467. The van der Waals surface area contributed by atoms with Crippen LogP contribution in [0.15, 0.2) is 18.2 Å². The van der Waals surface area contributed by atoms with E-state index in [9.17, 15) is 9.59 Å². The lowest BCUT2D eigenvalue weighted by atomic mass is 10.2. The summed E-state index contributed by atoms with van der Waals surface area (Å²) in [5, 5.41) is 2.50. The summed E-state index contributed by atoms with van der Waals surface area (Å²) in [5.41, 5.74) is 0.548. The number of anilines is 1. The van der Waals surface area contributed by atoms with Crippen molar-refractivity contribution in [1.82, 2.24) is 0 Å². The summed E-state index contributed by atoms with van der Waals surface area (Å²) in [4.78, 5) is 23.2. The molecule has 1 aromatic rings. The molecule has 0 radical (unpaired) electrons. The number of thioether (sulfide) groups is 1. The highest BCUT2D eigenvalue weighted by Gasteiger charge is 2.16. The van der Waals surface area contributed by atoms with Crippen LogP contribution in [0.4, 0.5) is 5.69 Å². The standard InChI is InChI=1S/C15H21NO5S/c1-10(22-8-7-14(17)21-4)15(18)16-12-9-11(19-2)5-6-13(12)20-3/h5-6,9-10H,7-8H2,1-4H3,(H,16,18)/t10-/m1/s1. The Labute approximate surface area is 134 Å². The second-order valence-electron chi connectivity index (χ2n) is 4.39. The number of hydrogen-bond donors (Lipinski definition) is 1. The predicted octanol–water partition coefficient (Wildman–Crippen LogP) is 2.33. The Kier molecular flexibility index (Phi) is 7.59. The van der Waals surface area contributed by atoms with Crippen LogP contribution >= 0.6 is 11.8 Å². The van der Waals surface area contributed by atoms with Crippen LogP contribution in [0.25, 0.3) is 0 Å². The third-order valence-electron chi connectivity index (χ3n) is 2.94. The number of amides is 1. The zero-order chi connectivity index (χ0) is 16.5. The number of benzene rings is 1. The van der Waals surface area contributed by atoms with Crippen LogP contribution in [0.1, 0.15) is 13.3 Å². The molecular weight excluding hydrogens is 306 g/mol. The minimum Gasteiger partial charge on any atom is -0.497 e. The second-order valence-corrected chi connectivity index (χ2v) is 5.84. The van der Waals surface area contributed by atoms with Crippen LogP contribution in [-0.2, 0) is 14.3 Å². The average molecular weight is 327 g/mol. The maximum Gasteiger partial charge on any atom is 0.306 e. The van der Waals surface area contributed by atoms with Gasteiger partial charge >= 0.3 is 5.97 Å². The largest absolute Gasteiger partial charge is 0.497 e. The SMILES string of the molecule is COC(=O)CCS[C@H](C)C(=O)Nc1cc(OC)ccc1OC. The van der Waals surface area contributed by atoms with Gasteiger partial charge in [0, 0.05) is 11.8 Å². The summed E-state index contributed by atoms with van der Waals surface area (Å²) in [7, 11) is 4.43. The zero-order valence-electron chi connectivity index (χ0n) is 13.2. The molecule has 0 unspecified atom stereocenters. The van der Waals surface area contributed by atoms with Crippen LogP contribution in [0.5, 0.6) is 11.5 Å². The van der Waals surface area contributed by atoms with E-state index in [1.165, 1.54) is 26.0 Å². The van der Waals surface area contributed by atoms with Crippen LogP contribution < -0.4 is 14.8 Å². The van der Waals surface area contributed by atoms with E-state index >= 15 is 0 Å². The smallest absolute Gasteiger partial charge is 0.306 e. The van der Waals surface area contributed by atoms with E-state index in [0.717, 1.165) is 0 Å². The van der Waals surface area contributed by atoms with Gasteiger partial charge in [-0.05, 0) is 19.1 Å². The van der Waals surface area contributed by atoms with E-state index in [4.69, 9.17) is 9.47 Å². The molecule has 1 atom stereocenters. The normalized spacial score (nSPS) is 11.5. The Balaban J connectivity index is 2.61. The highest BCUT2D eigenvalue weighted by Crippen LogP contribution is 2.29. The minimum atomic E-state index is -0.305. The van der Waals surface area contributed by atoms with Gasteiger partial charge in [0.2, 0.25) is 5.91 Å². The van der Waals surface area contributed by atoms with Gasteiger partial charge in [-0.25, -0.2) is 0 Å². The van der Waals surface area contributed by atoms with Gasteiger partial charge in [0.1, 0.15) is 11.5 Å². The Bertz CT molecular complexity index is 521. The van der Waals surface area contributed by atoms with Crippen molar-refractivity contribution in [2.75, 3.05) is 32.4 Å². The Morgan fingerprint density at radius 1 is 1.23 bits per heavy atom. The zero-order valence-corrected chi connectivity index (χ0v) is 14.0. The van der Waals surface area contributed by atoms with Gasteiger partial charge in [0.15, 0.2) is 0 Å². The topological polar surface area (TPSA) is 73.9 Å². The molecule has 0 heterocycles. The predicted molar refractivity (Wildman–Crippen MR) is 86.7 cm³/mol. The van der Waals surface area contributed by atoms with Crippen molar-refractivity contribution < 1.29 is 23.8 Å². The summed E-state index contributed by atoms with van der Waals surface area (Å²) in [5.74, 6) is 1.26. The van der Waals surface area contributed by atoms with Crippen molar-refractivity contribution >= 4 is 29.3 Å². The lowest BCUT2D eigenvalue weighted by Gasteiger charge is -2.15. The molecule has 122 valence electrons. The van der Waals surface area contributed by atoms with E-state index in [1.54, 1.807) is 32.2 Å².